The van der Waals surface area contributed by atoms with E-state index in [1.165, 1.54) is 0 Å². The molecule has 0 radical (unpaired) electrons. The van der Waals surface area contributed by atoms with Crippen molar-refractivity contribution in [1.82, 2.24) is 0 Å². The molecule has 0 spiro atoms. The summed E-state index contributed by atoms with van der Waals surface area (Å²) in [6.45, 7) is 1.69. The van der Waals surface area contributed by atoms with Crippen LogP contribution in [0.3, 0.4) is 0 Å². The molecule has 0 bridgehead atoms. The van der Waals surface area contributed by atoms with Gasteiger partial charge in [0.15, 0.2) is 0 Å². The zero-order valence-electron chi connectivity index (χ0n) is 18.1. The second kappa shape index (κ2) is 9.56. The van der Waals surface area contributed by atoms with Gasteiger partial charge in [-0.3, -0.25) is 4.79 Å². The van der Waals surface area contributed by atoms with E-state index in [0.717, 1.165) is 53.4 Å². The highest BCUT2D eigenvalue weighted by Crippen LogP contribution is 2.31. The predicted molar refractivity (Wildman–Crippen MR) is 124 cm³/mol. The monoisotopic (exact) mass is 416 g/mol. The number of methoxy groups -OCH3 is 2. The molecule has 3 aromatic carbocycles. The molecular weight excluding hydrogens is 388 g/mol. The van der Waals surface area contributed by atoms with Gasteiger partial charge in [0.2, 0.25) is 5.91 Å². The van der Waals surface area contributed by atoms with Crippen LogP contribution in [0.4, 0.5) is 11.4 Å². The molecule has 1 heterocycles. The Morgan fingerprint density at radius 3 is 2.35 bits per heavy atom. The maximum absolute atomic E-state index is 13.4. The van der Waals surface area contributed by atoms with Crippen molar-refractivity contribution in [3.05, 3.63) is 83.9 Å². The van der Waals surface area contributed by atoms with Crippen LogP contribution < -0.4 is 19.3 Å². The molecule has 0 aromatic heterocycles. The second-order valence-corrected chi connectivity index (χ2v) is 7.68. The van der Waals surface area contributed by atoms with Crippen LogP contribution in [0.5, 0.6) is 11.5 Å². The minimum absolute atomic E-state index is 0.0952. The fourth-order valence-electron chi connectivity index (χ4n) is 4.04. The molecule has 1 aliphatic rings. The molecule has 1 aliphatic heterocycles. The second-order valence-electron chi connectivity index (χ2n) is 7.68. The molecule has 0 unspecified atom stereocenters. The van der Waals surface area contributed by atoms with Crippen LogP contribution in [0.2, 0.25) is 0 Å². The van der Waals surface area contributed by atoms with E-state index in [9.17, 15) is 4.79 Å². The van der Waals surface area contributed by atoms with Crippen molar-refractivity contribution < 1.29 is 14.3 Å². The third kappa shape index (κ3) is 4.82. The first kappa shape index (κ1) is 20.8. The van der Waals surface area contributed by atoms with Gasteiger partial charge in [0, 0.05) is 24.5 Å². The van der Waals surface area contributed by atoms with E-state index >= 15 is 0 Å². The highest BCUT2D eigenvalue weighted by Gasteiger charge is 2.25. The Morgan fingerprint density at radius 2 is 1.65 bits per heavy atom. The topological polar surface area (TPSA) is 42.0 Å². The van der Waals surface area contributed by atoms with Gasteiger partial charge in [0.05, 0.1) is 20.8 Å². The van der Waals surface area contributed by atoms with Gasteiger partial charge in [0.25, 0.3) is 0 Å². The Balaban J connectivity index is 1.58. The number of hydrogen-bond donors (Lipinski definition) is 0. The van der Waals surface area contributed by atoms with Gasteiger partial charge in [-0.15, -0.1) is 0 Å². The molecule has 0 saturated heterocycles. The quantitative estimate of drug-likeness (QED) is 0.560. The summed E-state index contributed by atoms with van der Waals surface area (Å²) < 4.78 is 10.7. The lowest BCUT2D eigenvalue weighted by molar-refractivity contribution is -0.117. The molecule has 5 nitrogen and oxygen atoms in total. The first-order valence-corrected chi connectivity index (χ1v) is 10.6. The fraction of sp³-hybridized carbons (Fsp3) is 0.269. The summed E-state index contributed by atoms with van der Waals surface area (Å²) in [6, 6.07) is 24.1. The van der Waals surface area contributed by atoms with Crippen LogP contribution in [-0.4, -0.2) is 33.2 Å². The van der Waals surface area contributed by atoms with E-state index < -0.39 is 0 Å². The standard InChI is InChI=1S/C26H28N2O3/c1-30-23-12-10-22(11-13-23)27(18-20-7-4-3-5-8-20)19-26(29)28-16-6-9-21-17-24(31-2)14-15-25(21)28/h3-5,7-8,10-15,17H,6,9,16,18-19H2,1-2H3. The van der Waals surface area contributed by atoms with E-state index in [2.05, 4.69) is 17.0 Å². The maximum Gasteiger partial charge on any atom is 0.246 e. The van der Waals surface area contributed by atoms with E-state index in [0.29, 0.717) is 13.1 Å². The molecule has 0 fully saturated rings. The molecule has 0 N–H and O–H groups in total. The Bertz CT molecular complexity index is 1020. The van der Waals surface area contributed by atoms with Crippen LogP contribution >= 0.6 is 0 Å². The molecule has 5 heteroatoms. The van der Waals surface area contributed by atoms with Crippen LogP contribution in [0, 0.1) is 0 Å². The molecule has 4 rings (SSSR count). The van der Waals surface area contributed by atoms with Crippen molar-refractivity contribution in [1.29, 1.82) is 0 Å². The number of carbonyl (C=O) groups is 1. The normalized spacial score (nSPS) is 12.8. The molecule has 0 aliphatic carbocycles. The van der Waals surface area contributed by atoms with Gasteiger partial charge in [-0.2, -0.15) is 0 Å². The Hall–Kier alpha value is -3.47. The lowest BCUT2D eigenvalue weighted by Gasteiger charge is -2.33. The summed E-state index contributed by atoms with van der Waals surface area (Å²) in [4.78, 5) is 17.5. The first-order valence-electron chi connectivity index (χ1n) is 10.6. The predicted octanol–water partition coefficient (Wildman–Crippen LogP) is 4.69. The van der Waals surface area contributed by atoms with Gasteiger partial charge in [-0.25, -0.2) is 0 Å². The van der Waals surface area contributed by atoms with Crippen molar-refractivity contribution in [2.45, 2.75) is 19.4 Å². The SMILES string of the molecule is COc1ccc(N(CC(=O)N2CCCc3cc(OC)ccc32)Cc2ccccc2)cc1. The van der Waals surface area contributed by atoms with Crippen LogP contribution in [0.25, 0.3) is 0 Å². The van der Waals surface area contributed by atoms with E-state index in [1.54, 1.807) is 14.2 Å². The molecule has 0 saturated carbocycles. The van der Waals surface area contributed by atoms with Gasteiger partial charge in [0.1, 0.15) is 11.5 Å². The fourth-order valence-corrected chi connectivity index (χ4v) is 4.04. The van der Waals surface area contributed by atoms with Crippen molar-refractivity contribution in [3.63, 3.8) is 0 Å². The maximum atomic E-state index is 13.4. The summed E-state index contributed by atoms with van der Waals surface area (Å²) in [5.41, 5.74) is 4.31. The van der Waals surface area contributed by atoms with Crippen molar-refractivity contribution in [2.24, 2.45) is 0 Å². The number of anilines is 2. The lowest BCUT2D eigenvalue weighted by Crippen LogP contribution is -2.42. The van der Waals surface area contributed by atoms with Gasteiger partial charge in [-0.05, 0) is 66.4 Å². The minimum Gasteiger partial charge on any atom is -0.497 e. The Kier molecular flexibility index (Phi) is 6.41. The van der Waals surface area contributed by atoms with E-state index in [-0.39, 0.29) is 5.91 Å². The van der Waals surface area contributed by atoms with E-state index in [1.807, 2.05) is 65.6 Å². The molecule has 1 amide bonds. The molecule has 160 valence electrons. The van der Waals surface area contributed by atoms with Crippen LogP contribution in [-0.2, 0) is 17.8 Å². The molecule has 31 heavy (non-hydrogen) atoms. The van der Waals surface area contributed by atoms with E-state index in [4.69, 9.17) is 9.47 Å². The van der Waals surface area contributed by atoms with Crippen molar-refractivity contribution in [2.75, 3.05) is 37.1 Å². The lowest BCUT2D eigenvalue weighted by atomic mass is 10.0. The summed E-state index contributed by atoms with van der Waals surface area (Å²) >= 11 is 0. The third-order valence-electron chi connectivity index (χ3n) is 5.69. The average molecular weight is 417 g/mol. The number of benzene rings is 3. The number of nitrogens with zero attached hydrogens (tertiary/aromatic N) is 2. The summed E-state index contributed by atoms with van der Waals surface area (Å²) in [7, 11) is 3.33. The molecule has 3 aromatic rings. The average Bonchev–Trinajstić information content (AvgIpc) is 2.83. The first-order chi connectivity index (χ1) is 15.2. The Morgan fingerprint density at radius 1 is 0.935 bits per heavy atom. The third-order valence-corrected chi connectivity index (χ3v) is 5.69. The largest absolute Gasteiger partial charge is 0.497 e. The summed E-state index contributed by atoms with van der Waals surface area (Å²) in [6.07, 6.45) is 1.91. The van der Waals surface area contributed by atoms with Gasteiger partial charge in [-0.1, -0.05) is 30.3 Å². The van der Waals surface area contributed by atoms with Gasteiger partial charge >= 0.3 is 0 Å². The number of carbonyl (C=O) groups excluding carboxylic acids is 1. The van der Waals surface area contributed by atoms with Crippen molar-refractivity contribution >= 4 is 17.3 Å². The summed E-state index contributed by atoms with van der Waals surface area (Å²) in [5.74, 6) is 1.73. The Labute approximate surface area is 183 Å². The highest BCUT2D eigenvalue weighted by atomic mass is 16.5. The molecular formula is C26H28N2O3. The number of ether oxygens (including phenoxy) is 2. The molecule has 0 atom stereocenters. The number of hydrogen-bond acceptors (Lipinski definition) is 4. The number of fused-ring (bicyclic) bond motifs is 1. The zero-order chi connectivity index (χ0) is 21.6. The van der Waals surface area contributed by atoms with Crippen LogP contribution in [0.1, 0.15) is 17.5 Å². The number of aryl methyl sites for hydroxylation is 1. The zero-order valence-corrected chi connectivity index (χ0v) is 18.1. The van der Waals surface area contributed by atoms with Crippen LogP contribution in [0.15, 0.2) is 72.8 Å². The smallest absolute Gasteiger partial charge is 0.246 e. The number of rotatable bonds is 7. The van der Waals surface area contributed by atoms with Gasteiger partial charge < -0.3 is 19.3 Å². The minimum atomic E-state index is 0.0952. The summed E-state index contributed by atoms with van der Waals surface area (Å²) in [5, 5.41) is 0. The number of amides is 1. The highest BCUT2D eigenvalue weighted by molar-refractivity contribution is 5.97. The van der Waals surface area contributed by atoms with Crippen molar-refractivity contribution in [3.8, 4) is 11.5 Å².